The molecule has 0 amide bonds. The molecule has 8 nitrogen and oxygen atoms in total. The second-order valence-electron chi connectivity index (χ2n) is 8.03. The number of halogens is 1. The number of benzene rings is 2. The van der Waals surface area contributed by atoms with Crippen LogP contribution in [0.25, 0.3) is 0 Å². The first-order valence-corrected chi connectivity index (χ1v) is 12.0. The van der Waals surface area contributed by atoms with Crippen molar-refractivity contribution in [3.8, 4) is 11.8 Å². The number of aliphatic hydroxyl groups is 1. The van der Waals surface area contributed by atoms with Crippen LogP contribution in [0.15, 0.2) is 35.2 Å². The number of nitrogens with zero attached hydrogens (tertiary/aromatic N) is 1. The van der Waals surface area contributed by atoms with Crippen molar-refractivity contribution in [2.24, 2.45) is 0 Å². The van der Waals surface area contributed by atoms with Crippen LogP contribution in [0.1, 0.15) is 59.5 Å². The Labute approximate surface area is 190 Å². The van der Waals surface area contributed by atoms with Crippen LogP contribution in [0.3, 0.4) is 0 Å². The van der Waals surface area contributed by atoms with E-state index in [0.717, 1.165) is 25.3 Å². The summed E-state index contributed by atoms with van der Waals surface area (Å²) >= 11 is 6.13. The second kappa shape index (κ2) is 8.62. The number of aliphatic hydroxyl groups excluding tert-OH is 1. The van der Waals surface area contributed by atoms with E-state index in [9.17, 15) is 28.7 Å². The van der Waals surface area contributed by atoms with Gasteiger partial charge >= 0.3 is 5.97 Å². The zero-order valence-corrected chi connectivity index (χ0v) is 18.5. The summed E-state index contributed by atoms with van der Waals surface area (Å²) < 4.78 is 35.0. The molecule has 3 N–H and O–H groups in total. The quantitative estimate of drug-likeness (QED) is 0.551. The van der Waals surface area contributed by atoms with Crippen LogP contribution in [-0.4, -0.2) is 36.8 Å². The maximum atomic E-state index is 13.3. The van der Waals surface area contributed by atoms with Crippen LogP contribution in [0.5, 0.6) is 5.75 Å². The Hall–Kier alpha value is -2.80. The Balaban J connectivity index is 1.75. The Morgan fingerprint density at radius 3 is 2.53 bits per heavy atom. The molecule has 0 unspecified atom stereocenters. The van der Waals surface area contributed by atoms with Gasteiger partial charge in [-0.05, 0) is 61.8 Å². The molecule has 4 rings (SSSR count). The number of nitrogens with one attached hydrogen (secondary N) is 1. The maximum Gasteiger partial charge on any atom is 0.335 e. The summed E-state index contributed by atoms with van der Waals surface area (Å²) in [6, 6.07) is 8.58. The fourth-order valence-corrected chi connectivity index (χ4v) is 5.44. The Kier molecular flexibility index (Phi) is 6.03. The fraction of sp³-hybridized carbons (Fsp3) is 0.364. The van der Waals surface area contributed by atoms with Gasteiger partial charge in [-0.1, -0.05) is 17.7 Å². The lowest BCUT2D eigenvalue weighted by atomic mass is 10.1. The summed E-state index contributed by atoms with van der Waals surface area (Å²) in [4.78, 5) is 11.3. The van der Waals surface area contributed by atoms with Crippen molar-refractivity contribution in [2.75, 3.05) is 4.72 Å². The molecule has 0 bridgehead atoms. The van der Waals surface area contributed by atoms with Crippen LogP contribution < -0.4 is 9.46 Å². The highest BCUT2D eigenvalue weighted by molar-refractivity contribution is 7.92. The zero-order valence-electron chi connectivity index (χ0n) is 16.9. The number of sulfonamides is 1. The molecule has 2 saturated carbocycles. The average Bonchev–Trinajstić information content (AvgIpc) is 3.52. The molecule has 32 heavy (non-hydrogen) atoms. The van der Waals surface area contributed by atoms with Crippen molar-refractivity contribution in [3.05, 3.63) is 52.0 Å². The number of rotatable bonds is 7. The first kappa shape index (κ1) is 22.4. The monoisotopic (exact) mass is 476 g/mol. The van der Waals surface area contributed by atoms with Gasteiger partial charge in [0.25, 0.3) is 10.0 Å². The summed E-state index contributed by atoms with van der Waals surface area (Å²) in [7, 11) is -4.22. The standard InChI is InChI=1S/C22H21ClN2O6S/c23-16-10-20(31-19-3-1-2-18(19)26)17(8-14(16)11-24)25-32(29,30)21-9-13(22(27)28)6-7-15(21)12-4-5-12/h6-10,12,18-19,25-26H,1-5H2,(H,27,28)/t18-,19+/m0/s1. The minimum atomic E-state index is -4.22. The number of anilines is 1. The van der Waals surface area contributed by atoms with E-state index in [2.05, 4.69) is 4.72 Å². The lowest BCUT2D eigenvalue weighted by Gasteiger charge is -2.21. The predicted octanol–water partition coefficient (Wildman–Crippen LogP) is 3.88. The van der Waals surface area contributed by atoms with E-state index in [1.807, 2.05) is 6.07 Å². The van der Waals surface area contributed by atoms with E-state index in [0.29, 0.717) is 18.4 Å². The molecule has 0 radical (unpaired) electrons. The van der Waals surface area contributed by atoms with Crippen molar-refractivity contribution >= 4 is 33.3 Å². The topological polar surface area (TPSA) is 137 Å². The van der Waals surface area contributed by atoms with Crippen molar-refractivity contribution in [2.45, 2.75) is 55.1 Å². The van der Waals surface area contributed by atoms with Crippen molar-refractivity contribution in [1.29, 1.82) is 5.26 Å². The molecule has 2 aromatic carbocycles. The van der Waals surface area contributed by atoms with Crippen molar-refractivity contribution in [1.82, 2.24) is 0 Å². The van der Waals surface area contributed by atoms with Crippen LogP contribution in [0, 0.1) is 11.3 Å². The molecule has 2 fully saturated rings. The van der Waals surface area contributed by atoms with Gasteiger partial charge < -0.3 is 14.9 Å². The Bertz CT molecular complexity index is 1220. The molecule has 0 aromatic heterocycles. The lowest BCUT2D eigenvalue weighted by molar-refractivity contribution is 0.0609. The van der Waals surface area contributed by atoms with E-state index in [1.165, 1.54) is 24.3 Å². The van der Waals surface area contributed by atoms with Gasteiger partial charge in [-0.2, -0.15) is 5.26 Å². The summed E-state index contributed by atoms with van der Waals surface area (Å²) in [5.41, 5.74) is 0.442. The molecular formula is C22H21ClN2O6S. The lowest BCUT2D eigenvalue weighted by Crippen LogP contribution is -2.26. The molecule has 2 aliphatic carbocycles. The molecule has 2 aromatic rings. The van der Waals surface area contributed by atoms with E-state index in [1.54, 1.807) is 0 Å². The van der Waals surface area contributed by atoms with E-state index < -0.39 is 28.2 Å². The molecule has 0 spiro atoms. The van der Waals surface area contributed by atoms with Gasteiger partial charge in [0.15, 0.2) is 0 Å². The summed E-state index contributed by atoms with van der Waals surface area (Å²) in [6.45, 7) is 0. The highest BCUT2D eigenvalue weighted by Gasteiger charge is 2.33. The number of ether oxygens (including phenoxy) is 1. The van der Waals surface area contributed by atoms with Crippen LogP contribution in [0.2, 0.25) is 5.02 Å². The number of carbonyl (C=O) groups is 1. The summed E-state index contributed by atoms with van der Waals surface area (Å²) in [6.07, 6.45) is 2.36. The van der Waals surface area contributed by atoms with Gasteiger partial charge in [0.05, 0.1) is 32.8 Å². The zero-order chi connectivity index (χ0) is 23.0. The third-order valence-electron chi connectivity index (χ3n) is 5.70. The van der Waals surface area contributed by atoms with Crippen molar-refractivity contribution < 1.29 is 28.2 Å². The smallest absolute Gasteiger partial charge is 0.335 e. The van der Waals surface area contributed by atoms with E-state index in [-0.39, 0.29) is 38.4 Å². The molecule has 0 saturated heterocycles. The number of hydrogen-bond acceptors (Lipinski definition) is 6. The summed E-state index contributed by atoms with van der Waals surface area (Å²) in [5, 5.41) is 28.9. The van der Waals surface area contributed by atoms with Gasteiger partial charge in [0.1, 0.15) is 17.9 Å². The minimum Gasteiger partial charge on any atom is -0.485 e. The van der Waals surface area contributed by atoms with E-state index in [4.69, 9.17) is 16.3 Å². The summed E-state index contributed by atoms with van der Waals surface area (Å²) in [5.74, 6) is -1.10. The van der Waals surface area contributed by atoms with Crippen LogP contribution >= 0.6 is 11.6 Å². The largest absolute Gasteiger partial charge is 0.485 e. The van der Waals surface area contributed by atoms with E-state index >= 15 is 0 Å². The molecule has 10 heteroatoms. The molecule has 2 atom stereocenters. The molecule has 168 valence electrons. The van der Waals surface area contributed by atoms with Gasteiger partial charge in [0, 0.05) is 6.07 Å². The first-order valence-electron chi connectivity index (χ1n) is 10.2. The van der Waals surface area contributed by atoms with Gasteiger partial charge in [-0.25, -0.2) is 13.2 Å². The minimum absolute atomic E-state index is 0.00692. The highest BCUT2D eigenvalue weighted by Crippen LogP contribution is 2.44. The maximum absolute atomic E-state index is 13.3. The van der Waals surface area contributed by atoms with Gasteiger partial charge in [-0.3, -0.25) is 4.72 Å². The molecular weight excluding hydrogens is 456 g/mol. The number of aromatic carboxylic acids is 1. The predicted molar refractivity (Wildman–Crippen MR) is 117 cm³/mol. The number of nitriles is 1. The third kappa shape index (κ3) is 4.53. The Morgan fingerprint density at radius 1 is 1.19 bits per heavy atom. The number of hydrogen-bond donors (Lipinski definition) is 3. The average molecular weight is 477 g/mol. The van der Waals surface area contributed by atoms with Gasteiger partial charge in [-0.15, -0.1) is 0 Å². The van der Waals surface area contributed by atoms with Crippen LogP contribution in [0.4, 0.5) is 5.69 Å². The van der Waals surface area contributed by atoms with Gasteiger partial charge in [0.2, 0.25) is 0 Å². The fourth-order valence-electron chi connectivity index (χ4n) is 3.86. The SMILES string of the molecule is N#Cc1cc(NS(=O)(=O)c2cc(C(=O)O)ccc2C2CC2)c(O[C@@H]2CCC[C@@H]2O)cc1Cl. The third-order valence-corrected chi connectivity index (χ3v) is 7.43. The highest BCUT2D eigenvalue weighted by atomic mass is 35.5. The number of carboxylic acid groups (broad SMARTS) is 1. The molecule has 0 heterocycles. The Morgan fingerprint density at radius 2 is 1.94 bits per heavy atom. The second-order valence-corrected chi connectivity index (χ2v) is 10.1. The molecule has 2 aliphatic rings. The molecule has 0 aliphatic heterocycles. The first-order chi connectivity index (χ1) is 15.2. The normalized spacial score (nSPS) is 20.5. The number of carboxylic acids is 1. The van der Waals surface area contributed by atoms with Crippen LogP contribution in [-0.2, 0) is 10.0 Å². The van der Waals surface area contributed by atoms with Crippen molar-refractivity contribution in [3.63, 3.8) is 0 Å².